The maximum absolute atomic E-state index is 5.93. The van der Waals surface area contributed by atoms with Crippen LogP contribution in [0.1, 0.15) is 6.92 Å². The van der Waals surface area contributed by atoms with E-state index in [0.717, 1.165) is 16.9 Å². The van der Waals surface area contributed by atoms with E-state index < -0.39 is 0 Å². The van der Waals surface area contributed by atoms with Crippen molar-refractivity contribution in [3.05, 3.63) is 53.6 Å². The monoisotopic (exact) mass is 231 g/mol. The van der Waals surface area contributed by atoms with Crippen molar-refractivity contribution < 1.29 is 4.74 Å². The Morgan fingerprint density at radius 3 is 2.81 bits per heavy atom. The second kappa shape index (κ2) is 5.04. The van der Waals surface area contributed by atoms with Gasteiger partial charge >= 0.3 is 0 Å². The van der Waals surface area contributed by atoms with Crippen LogP contribution in [0.3, 0.4) is 0 Å². The zero-order chi connectivity index (χ0) is 11.4. The van der Waals surface area contributed by atoms with Crippen LogP contribution in [0.25, 0.3) is 11.1 Å². The van der Waals surface area contributed by atoms with E-state index in [1.807, 2.05) is 49.4 Å². The summed E-state index contributed by atoms with van der Waals surface area (Å²) in [6.45, 7) is 2.63. The van der Waals surface area contributed by atoms with Crippen molar-refractivity contribution in [2.75, 3.05) is 6.61 Å². The maximum Gasteiger partial charge on any atom is 0.127 e. The van der Waals surface area contributed by atoms with Crippen LogP contribution in [0.5, 0.6) is 5.75 Å². The molecule has 2 rings (SSSR count). The minimum Gasteiger partial charge on any atom is -0.493 e. The van der Waals surface area contributed by atoms with Crippen LogP contribution in [0.15, 0.2) is 42.5 Å². The molecule has 81 valence electrons. The number of hydrogen-bond donors (Lipinski definition) is 0. The molecule has 16 heavy (non-hydrogen) atoms. The molecule has 0 saturated carbocycles. The molecule has 0 aliphatic carbocycles. The van der Waals surface area contributed by atoms with Gasteiger partial charge in [0.15, 0.2) is 0 Å². The third kappa shape index (κ3) is 2.37. The summed E-state index contributed by atoms with van der Waals surface area (Å²) in [6, 6.07) is 16.5. The predicted molar refractivity (Wildman–Crippen MR) is 66.9 cm³/mol. The zero-order valence-corrected chi connectivity index (χ0v) is 9.79. The standard InChI is InChI=1S/C14H12ClO/c1-2-16-14-9-4-3-8-13(14)11-6-5-7-12(15)10-11/h3-6,8-10H,2H2,1H3. The Kier molecular flexibility index (Phi) is 3.47. The number of para-hydroxylation sites is 1. The fourth-order valence-corrected chi connectivity index (χ4v) is 1.77. The molecule has 0 N–H and O–H groups in total. The van der Waals surface area contributed by atoms with Crippen molar-refractivity contribution in [2.24, 2.45) is 0 Å². The SMILES string of the molecule is CCOc1ccccc1-c1cc[c]c(Cl)c1. The lowest BCUT2D eigenvalue weighted by Crippen LogP contribution is -1.93. The van der Waals surface area contributed by atoms with Crippen LogP contribution < -0.4 is 4.74 Å². The number of rotatable bonds is 3. The molecule has 0 unspecified atom stereocenters. The molecule has 0 aromatic heterocycles. The fourth-order valence-electron chi connectivity index (χ4n) is 1.59. The van der Waals surface area contributed by atoms with Crippen molar-refractivity contribution in [1.29, 1.82) is 0 Å². The lowest BCUT2D eigenvalue weighted by atomic mass is 10.1. The van der Waals surface area contributed by atoms with Crippen LogP contribution in [-0.4, -0.2) is 6.61 Å². The van der Waals surface area contributed by atoms with Crippen molar-refractivity contribution >= 4 is 11.6 Å². The fraction of sp³-hybridized carbons (Fsp3) is 0.143. The molecule has 2 aromatic rings. The van der Waals surface area contributed by atoms with E-state index in [1.54, 1.807) is 0 Å². The Balaban J connectivity index is 2.46. The first-order chi connectivity index (χ1) is 7.81. The number of hydrogen-bond acceptors (Lipinski definition) is 1. The van der Waals surface area contributed by atoms with Gasteiger partial charge in [-0.2, -0.15) is 0 Å². The summed E-state index contributed by atoms with van der Waals surface area (Å²) < 4.78 is 5.58. The van der Waals surface area contributed by atoms with Crippen molar-refractivity contribution in [2.45, 2.75) is 6.92 Å². The predicted octanol–water partition coefficient (Wildman–Crippen LogP) is 4.21. The van der Waals surface area contributed by atoms with E-state index in [4.69, 9.17) is 16.3 Å². The van der Waals surface area contributed by atoms with Crippen molar-refractivity contribution in [3.8, 4) is 16.9 Å². The van der Waals surface area contributed by atoms with Gasteiger partial charge in [-0.05, 0) is 24.6 Å². The Hall–Kier alpha value is -1.47. The van der Waals surface area contributed by atoms with Gasteiger partial charge in [-0.3, -0.25) is 0 Å². The Bertz CT molecular complexity index is 480. The molecular weight excluding hydrogens is 220 g/mol. The molecule has 0 aliphatic rings. The van der Waals surface area contributed by atoms with Gasteiger partial charge in [0.25, 0.3) is 0 Å². The van der Waals surface area contributed by atoms with Gasteiger partial charge in [-0.25, -0.2) is 0 Å². The lowest BCUT2D eigenvalue weighted by molar-refractivity contribution is 0.341. The molecular formula is C14H12ClO. The van der Waals surface area contributed by atoms with Crippen LogP contribution in [0.2, 0.25) is 5.02 Å². The highest BCUT2D eigenvalue weighted by Gasteiger charge is 2.05. The van der Waals surface area contributed by atoms with E-state index in [1.165, 1.54) is 0 Å². The maximum atomic E-state index is 5.93. The normalized spacial score (nSPS) is 10.1. The minimum atomic E-state index is 0.615. The van der Waals surface area contributed by atoms with Gasteiger partial charge < -0.3 is 4.74 Å². The first kappa shape index (κ1) is 11.0. The average molecular weight is 232 g/mol. The van der Waals surface area contributed by atoms with Crippen molar-refractivity contribution in [3.63, 3.8) is 0 Å². The molecule has 0 fully saturated rings. The zero-order valence-electron chi connectivity index (χ0n) is 9.03. The first-order valence-electron chi connectivity index (χ1n) is 5.20. The Morgan fingerprint density at radius 2 is 2.06 bits per heavy atom. The number of ether oxygens (including phenoxy) is 1. The minimum absolute atomic E-state index is 0.615. The lowest BCUT2D eigenvalue weighted by Gasteiger charge is -2.09. The molecule has 0 amide bonds. The molecule has 0 heterocycles. The molecule has 2 heteroatoms. The third-order valence-corrected chi connectivity index (χ3v) is 2.48. The molecule has 0 atom stereocenters. The molecule has 0 saturated heterocycles. The first-order valence-corrected chi connectivity index (χ1v) is 5.58. The van der Waals surface area contributed by atoms with E-state index >= 15 is 0 Å². The van der Waals surface area contributed by atoms with Gasteiger partial charge in [0.1, 0.15) is 5.75 Å². The highest BCUT2D eigenvalue weighted by molar-refractivity contribution is 6.30. The van der Waals surface area contributed by atoms with Gasteiger partial charge in [0.05, 0.1) is 6.61 Å². The smallest absolute Gasteiger partial charge is 0.127 e. The quantitative estimate of drug-likeness (QED) is 0.769. The largest absolute Gasteiger partial charge is 0.493 e. The summed E-state index contributed by atoms with van der Waals surface area (Å²) in [5, 5.41) is 0.615. The molecule has 1 nitrogen and oxygen atoms in total. The molecule has 0 spiro atoms. The Labute approximate surface area is 101 Å². The molecule has 0 aliphatic heterocycles. The highest BCUT2D eigenvalue weighted by atomic mass is 35.5. The molecule has 0 bridgehead atoms. The van der Waals surface area contributed by atoms with Crippen LogP contribution in [-0.2, 0) is 0 Å². The summed E-state index contributed by atoms with van der Waals surface area (Å²) in [5.41, 5.74) is 2.10. The van der Waals surface area contributed by atoms with E-state index in [9.17, 15) is 0 Å². The summed E-state index contributed by atoms with van der Waals surface area (Å²) in [4.78, 5) is 0. The topological polar surface area (TPSA) is 9.23 Å². The number of halogens is 1. The Morgan fingerprint density at radius 1 is 1.25 bits per heavy atom. The van der Waals surface area contributed by atoms with Gasteiger partial charge in [-0.1, -0.05) is 41.9 Å². The van der Waals surface area contributed by atoms with E-state index in [-0.39, 0.29) is 0 Å². The molecule has 2 aromatic carbocycles. The second-order valence-corrected chi connectivity index (χ2v) is 3.76. The van der Waals surface area contributed by atoms with E-state index in [0.29, 0.717) is 11.6 Å². The third-order valence-electron chi connectivity index (χ3n) is 2.26. The molecule has 1 radical (unpaired) electrons. The van der Waals surface area contributed by atoms with Gasteiger partial charge in [0, 0.05) is 16.7 Å². The summed E-state index contributed by atoms with van der Waals surface area (Å²) >= 11 is 5.93. The van der Waals surface area contributed by atoms with Crippen LogP contribution in [0.4, 0.5) is 0 Å². The summed E-state index contributed by atoms with van der Waals surface area (Å²) in [6.07, 6.45) is 0. The highest BCUT2D eigenvalue weighted by Crippen LogP contribution is 2.30. The summed E-state index contributed by atoms with van der Waals surface area (Å²) in [7, 11) is 0. The average Bonchev–Trinajstić information content (AvgIpc) is 2.30. The van der Waals surface area contributed by atoms with Gasteiger partial charge in [-0.15, -0.1) is 0 Å². The summed E-state index contributed by atoms with van der Waals surface area (Å²) in [5.74, 6) is 0.882. The van der Waals surface area contributed by atoms with Crippen LogP contribution in [0, 0.1) is 6.07 Å². The second-order valence-electron chi connectivity index (χ2n) is 3.35. The van der Waals surface area contributed by atoms with Crippen LogP contribution >= 0.6 is 11.6 Å². The number of benzene rings is 2. The van der Waals surface area contributed by atoms with Gasteiger partial charge in [0.2, 0.25) is 0 Å². The van der Waals surface area contributed by atoms with Crippen molar-refractivity contribution in [1.82, 2.24) is 0 Å². The van der Waals surface area contributed by atoms with E-state index in [2.05, 4.69) is 6.07 Å².